The molecule has 30 heavy (non-hydrogen) atoms. The van der Waals surface area contributed by atoms with Crippen molar-refractivity contribution in [3.05, 3.63) is 60.0 Å². The zero-order valence-corrected chi connectivity index (χ0v) is 16.7. The molecular formula is C23H24N6O. The lowest BCUT2D eigenvalue weighted by molar-refractivity contribution is 0.0558. The molecule has 2 saturated heterocycles. The van der Waals surface area contributed by atoms with Gasteiger partial charge in [-0.05, 0) is 43.5 Å². The summed E-state index contributed by atoms with van der Waals surface area (Å²) in [7, 11) is 0. The van der Waals surface area contributed by atoms with E-state index in [1.54, 1.807) is 12.3 Å². The van der Waals surface area contributed by atoms with E-state index in [1.807, 2.05) is 36.4 Å². The molecule has 5 rings (SSSR count). The van der Waals surface area contributed by atoms with Crippen molar-refractivity contribution in [2.24, 2.45) is 0 Å². The van der Waals surface area contributed by atoms with Gasteiger partial charge >= 0.3 is 0 Å². The van der Waals surface area contributed by atoms with Crippen molar-refractivity contribution in [1.29, 1.82) is 5.26 Å². The van der Waals surface area contributed by atoms with Crippen LogP contribution in [0.1, 0.15) is 36.6 Å². The van der Waals surface area contributed by atoms with Crippen molar-refractivity contribution >= 4 is 11.5 Å². The second-order valence-electron chi connectivity index (χ2n) is 8.01. The van der Waals surface area contributed by atoms with Gasteiger partial charge in [-0.15, -0.1) is 0 Å². The van der Waals surface area contributed by atoms with Gasteiger partial charge in [-0.2, -0.15) is 5.26 Å². The Bertz CT molecular complexity index is 1090. The quantitative estimate of drug-likeness (QED) is 0.717. The van der Waals surface area contributed by atoms with Crippen molar-refractivity contribution in [2.75, 3.05) is 30.3 Å². The Kier molecular flexibility index (Phi) is 4.85. The van der Waals surface area contributed by atoms with Crippen LogP contribution in [0.2, 0.25) is 0 Å². The Morgan fingerprint density at radius 3 is 2.93 bits per heavy atom. The number of rotatable bonds is 3. The summed E-state index contributed by atoms with van der Waals surface area (Å²) in [4.78, 5) is 9.35. The Labute approximate surface area is 175 Å². The van der Waals surface area contributed by atoms with Crippen LogP contribution in [0.4, 0.5) is 11.5 Å². The SMILES string of the molecule is N#Cc1cccc(-c2cc([C@H]3CCC[C@H]4CN(c5ncccc5N)CCN43)on2)c1. The average molecular weight is 400 g/mol. The maximum atomic E-state index is 9.15. The highest BCUT2D eigenvalue weighted by Gasteiger charge is 2.38. The van der Waals surface area contributed by atoms with E-state index >= 15 is 0 Å². The maximum Gasteiger partial charge on any atom is 0.154 e. The lowest BCUT2D eigenvalue weighted by Crippen LogP contribution is -2.56. The van der Waals surface area contributed by atoms with Crippen LogP contribution in [0, 0.1) is 11.3 Å². The molecule has 2 aromatic heterocycles. The van der Waals surface area contributed by atoms with Crippen molar-refractivity contribution in [1.82, 2.24) is 15.0 Å². The van der Waals surface area contributed by atoms with Crippen molar-refractivity contribution in [3.8, 4) is 17.3 Å². The molecule has 2 aliphatic heterocycles. The summed E-state index contributed by atoms with van der Waals surface area (Å²) in [6.45, 7) is 2.74. The fourth-order valence-corrected chi connectivity index (χ4v) is 4.75. The molecule has 3 aromatic rings. The minimum Gasteiger partial charge on any atom is -0.396 e. The maximum absolute atomic E-state index is 9.15. The second-order valence-corrected chi connectivity index (χ2v) is 8.01. The molecule has 7 heteroatoms. The zero-order chi connectivity index (χ0) is 20.5. The van der Waals surface area contributed by atoms with Gasteiger partial charge in [-0.1, -0.05) is 17.3 Å². The largest absolute Gasteiger partial charge is 0.396 e. The minimum atomic E-state index is 0.229. The molecule has 0 spiro atoms. The zero-order valence-electron chi connectivity index (χ0n) is 16.7. The van der Waals surface area contributed by atoms with E-state index in [9.17, 15) is 0 Å². The number of nitriles is 1. The lowest BCUT2D eigenvalue weighted by atomic mass is 9.91. The van der Waals surface area contributed by atoms with Gasteiger partial charge in [0.05, 0.1) is 23.4 Å². The third kappa shape index (κ3) is 3.40. The summed E-state index contributed by atoms with van der Waals surface area (Å²) in [5, 5.41) is 13.5. The van der Waals surface area contributed by atoms with Gasteiger partial charge in [0.15, 0.2) is 11.6 Å². The molecule has 0 radical (unpaired) electrons. The molecule has 0 amide bonds. The van der Waals surface area contributed by atoms with Crippen molar-refractivity contribution < 1.29 is 4.52 Å². The number of nitrogens with two attached hydrogens (primary N) is 1. The van der Waals surface area contributed by atoms with Crippen molar-refractivity contribution in [2.45, 2.75) is 31.3 Å². The fourth-order valence-electron chi connectivity index (χ4n) is 4.75. The van der Waals surface area contributed by atoms with Crippen LogP contribution >= 0.6 is 0 Å². The summed E-state index contributed by atoms with van der Waals surface area (Å²) >= 11 is 0. The van der Waals surface area contributed by atoms with E-state index in [4.69, 9.17) is 15.5 Å². The van der Waals surface area contributed by atoms with E-state index < -0.39 is 0 Å². The summed E-state index contributed by atoms with van der Waals surface area (Å²) in [6.07, 6.45) is 5.18. The molecule has 2 N–H and O–H groups in total. The molecule has 1 aromatic carbocycles. The number of fused-ring (bicyclic) bond motifs is 1. The number of anilines is 2. The number of piperazine rings is 1. The predicted octanol–water partition coefficient (Wildman–Crippen LogP) is 3.61. The first-order valence-electron chi connectivity index (χ1n) is 10.4. The molecule has 7 nitrogen and oxygen atoms in total. The van der Waals surface area contributed by atoms with E-state index in [0.29, 0.717) is 11.6 Å². The molecule has 4 heterocycles. The van der Waals surface area contributed by atoms with E-state index in [2.05, 4.69) is 26.0 Å². The van der Waals surface area contributed by atoms with Gasteiger partial charge in [0.1, 0.15) is 5.69 Å². The van der Waals surface area contributed by atoms with Gasteiger partial charge in [-0.25, -0.2) is 4.98 Å². The number of nitrogen functional groups attached to an aromatic ring is 1. The van der Waals surface area contributed by atoms with E-state index in [1.165, 1.54) is 0 Å². The molecule has 0 aliphatic carbocycles. The first kappa shape index (κ1) is 18.6. The molecule has 2 aliphatic rings. The first-order chi connectivity index (χ1) is 14.7. The molecule has 152 valence electrons. The van der Waals surface area contributed by atoms with Crippen LogP contribution in [0.15, 0.2) is 53.2 Å². The summed E-state index contributed by atoms with van der Waals surface area (Å²) in [5.74, 6) is 1.79. The minimum absolute atomic E-state index is 0.229. The Morgan fingerprint density at radius 1 is 1.13 bits per heavy atom. The van der Waals surface area contributed by atoms with Crippen molar-refractivity contribution in [3.63, 3.8) is 0 Å². The van der Waals surface area contributed by atoms with Gasteiger partial charge in [0.25, 0.3) is 0 Å². The van der Waals surface area contributed by atoms with E-state index in [0.717, 1.165) is 67.4 Å². The third-order valence-electron chi connectivity index (χ3n) is 6.20. The lowest BCUT2D eigenvalue weighted by Gasteiger charge is -2.47. The number of pyridine rings is 1. The Morgan fingerprint density at radius 2 is 2.07 bits per heavy atom. The van der Waals surface area contributed by atoms with Crippen LogP contribution in [-0.2, 0) is 0 Å². The molecule has 0 bridgehead atoms. The standard InChI is InChI=1S/C23H24N6O/c24-14-16-4-1-5-17(12-16)20-13-22(30-27-20)21-8-2-6-18-15-28(10-11-29(18)21)23-19(25)7-3-9-26-23/h1,3-5,7,9,12-13,18,21H,2,6,8,10-11,15,25H2/t18-,21+/m0/s1. The molecule has 2 atom stereocenters. The number of aromatic nitrogens is 2. The number of piperidine rings is 1. The van der Waals surface area contributed by atoms with Gasteiger partial charge < -0.3 is 15.2 Å². The summed E-state index contributed by atoms with van der Waals surface area (Å²) < 4.78 is 5.79. The number of nitrogens with zero attached hydrogens (tertiary/aromatic N) is 5. The van der Waals surface area contributed by atoms with Crippen LogP contribution in [0.25, 0.3) is 11.3 Å². The number of hydrogen-bond donors (Lipinski definition) is 1. The van der Waals surface area contributed by atoms with E-state index in [-0.39, 0.29) is 6.04 Å². The van der Waals surface area contributed by atoms with Crippen LogP contribution in [-0.4, -0.2) is 40.7 Å². The second kappa shape index (κ2) is 7.81. The fraction of sp³-hybridized carbons (Fsp3) is 0.348. The monoisotopic (exact) mass is 400 g/mol. The highest BCUT2D eigenvalue weighted by Crippen LogP contribution is 2.38. The topological polar surface area (TPSA) is 95.2 Å². The highest BCUT2D eigenvalue weighted by atomic mass is 16.5. The summed E-state index contributed by atoms with van der Waals surface area (Å²) in [6, 6.07) is 16.2. The average Bonchev–Trinajstić information content (AvgIpc) is 3.29. The van der Waals surface area contributed by atoms with Crippen LogP contribution in [0.5, 0.6) is 0 Å². The molecular weight excluding hydrogens is 376 g/mol. The summed E-state index contributed by atoms with van der Waals surface area (Å²) in [5.41, 5.74) is 9.20. The Hall–Kier alpha value is -3.37. The van der Waals surface area contributed by atoms with Crippen LogP contribution in [0.3, 0.4) is 0 Å². The first-order valence-corrected chi connectivity index (χ1v) is 10.4. The van der Waals surface area contributed by atoms with Gasteiger partial charge in [0.2, 0.25) is 0 Å². The highest BCUT2D eigenvalue weighted by molar-refractivity contribution is 5.63. The number of benzene rings is 1. The van der Waals surface area contributed by atoms with Gasteiger partial charge in [-0.3, -0.25) is 4.90 Å². The predicted molar refractivity (Wildman–Crippen MR) is 115 cm³/mol. The van der Waals surface area contributed by atoms with Gasteiger partial charge in [0, 0.05) is 43.5 Å². The molecule has 2 fully saturated rings. The number of hydrogen-bond acceptors (Lipinski definition) is 7. The molecule has 0 unspecified atom stereocenters. The Balaban J connectivity index is 1.35. The third-order valence-corrected chi connectivity index (χ3v) is 6.20. The smallest absolute Gasteiger partial charge is 0.154 e. The normalized spacial score (nSPS) is 21.8. The molecule has 0 saturated carbocycles. The van der Waals surface area contributed by atoms with Crippen LogP contribution < -0.4 is 10.6 Å².